The number of thiophene rings is 1. The molecule has 0 aliphatic heterocycles. The van der Waals surface area contributed by atoms with Crippen LogP contribution in [-0.4, -0.2) is 28.5 Å². The lowest BCUT2D eigenvalue weighted by Crippen LogP contribution is -2.13. The van der Waals surface area contributed by atoms with Gasteiger partial charge in [0.1, 0.15) is 5.01 Å². The number of nitrogens with zero attached hydrogens (tertiary/aromatic N) is 2. The van der Waals surface area contributed by atoms with Gasteiger partial charge >= 0.3 is 5.97 Å². The van der Waals surface area contributed by atoms with E-state index in [2.05, 4.69) is 15.6 Å². The van der Waals surface area contributed by atoms with Gasteiger partial charge in [0.05, 0.1) is 19.1 Å². The van der Waals surface area contributed by atoms with Gasteiger partial charge in [0.15, 0.2) is 0 Å². The minimum atomic E-state index is -0.480. The average molecular weight is 404 g/mol. The molecule has 0 saturated heterocycles. The third-order valence-corrected chi connectivity index (χ3v) is 6.21. The van der Waals surface area contributed by atoms with Crippen molar-refractivity contribution in [2.24, 2.45) is 5.73 Å². The number of hydrogen-bond donors (Lipinski definition) is 1. The Kier molecular flexibility index (Phi) is 6.08. The van der Waals surface area contributed by atoms with E-state index in [-0.39, 0.29) is 12.4 Å². The predicted octanol–water partition coefficient (Wildman–Crippen LogP) is 3.43. The molecule has 0 spiro atoms. The van der Waals surface area contributed by atoms with E-state index in [4.69, 9.17) is 10.5 Å². The number of nitrogens with two attached hydrogens (primary N) is 1. The van der Waals surface area contributed by atoms with Gasteiger partial charge in [0, 0.05) is 40.0 Å². The second-order valence-electron chi connectivity index (χ2n) is 6.04. The molecule has 0 saturated carbocycles. The van der Waals surface area contributed by atoms with Crippen molar-refractivity contribution in [1.29, 1.82) is 0 Å². The minimum absolute atomic E-state index is 0.232. The van der Waals surface area contributed by atoms with Crippen molar-refractivity contribution < 1.29 is 14.3 Å². The monoisotopic (exact) mass is 403 g/mol. The van der Waals surface area contributed by atoms with Crippen LogP contribution < -0.4 is 5.73 Å². The van der Waals surface area contributed by atoms with Crippen molar-refractivity contribution >= 4 is 34.6 Å². The summed E-state index contributed by atoms with van der Waals surface area (Å²) in [6.07, 6.45) is 3.23. The Bertz CT molecular complexity index is 928. The zero-order chi connectivity index (χ0) is 19.4. The van der Waals surface area contributed by atoms with E-state index in [0.29, 0.717) is 18.5 Å². The summed E-state index contributed by atoms with van der Waals surface area (Å²) in [5.74, 6) is -0.767. The average Bonchev–Trinajstić information content (AvgIpc) is 3.38. The summed E-state index contributed by atoms with van der Waals surface area (Å²) in [6.45, 7) is 2.60. The van der Waals surface area contributed by atoms with E-state index in [0.717, 1.165) is 28.4 Å². The number of thiazole rings is 1. The molecule has 3 heterocycles. The molecule has 0 bridgehead atoms. The first-order valence-corrected chi connectivity index (χ1v) is 10.3. The summed E-state index contributed by atoms with van der Waals surface area (Å²) < 4.78 is 6.89. The molecule has 8 heteroatoms. The maximum atomic E-state index is 12.2. The molecule has 6 nitrogen and oxygen atoms in total. The molecular weight excluding hydrogens is 382 g/mol. The van der Waals surface area contributed by atoms with Crippen molar-refractivity contribution in [3.05, 3.63) is 50.9 Å². The number of primary amides is 1. The van der Waals surface area contributed by atoms with Gasteiger partial charge in [-0.05, 0) is 31.2 Å². The van der Waals surface area contributed by atoms with E-state index in [1.165, 1.54) is 23.3 Å². The normalized spacial score (nSPS) is 10.9. The summed E-state index contributed by atoms with van der Waals surface area (Å²) in [7, 11) is 1.37. The zero-order valence-corrected chi connectivity index (χ0v) is 16.9. The number of methoxy groups -OCH3 is 1. The van der Waals surface area contributed by atoms with Crippen LogP contribution in [0.2, 0.25) is 0 Å². The summed E-state index contributed by atoms with van der Waals surface area (Å²) in [5.41, 5.74) is 8.65. The largest absolute Gasteiger partial charge is 0.469 e. The molecule has 0 aliphatic carbocycles. The number of aryl methyl sites for hydroxylation is 1. The van der Waals surface area contributed by atoms with E-state index >= 15 is 0 Å². The van der Waals surface area contributed by atoms with Crippen molar-refractivity contribution in [3.8, 4) is 10.6 Å². The van der Waals surface area contributed by atoms with Crippen molar-refractivity contribution in [3.63, 3.8) is 0 Å². The number of carbonyl (C=O) groups is 2. The lowest BCUT2D eigenvalue weighted by atomic mass is 10.1. The molecule has 0 aliphatic rings. The maximum absolute atomic E-state index is 12.2. The third-order valence-electron chi connectivity index (χ3n) is 4.48. The molecule has 3 rings (SSSR count). The van der Waals surface area contributed by atoms with E-state index in [9.17, 15) is 9.59 Å². The molecule has 0 unspecified atom stereocenters. The van der Waals surface area contributed by atoms with Gasteiger partial charge in [-0.1, -0.05) is 6.07 Å². The fourth-order valence-corrected chi connectivity index (χ4v) is 4.65. The van der Waals surface area contributed by atoms with Crippen LogP contribution in [-0.2, 0) is 28.9 Å². The SMILES string of the molecule is COC(=O)CCc1c(-c2nccs2)c(C(N)=O)c(C)n1CCc1cccs1. The van der Waals surface area contributed by atoms with Gasteiger partial charge in [-0.15, -0.1) is 22.7 Å². The number of carbonyl (C=O) groups excluding carboxylic acids is 2. The Labute approximate surface area is 165 Å². The van der Waals surface area contributed by atoms with Gasteiger partial charge in [-0.25, -0.2) is 4.98 Å². The van der Waals surface area contributed by atoms with Crippen LogP contribution in [0.15, 0.2) is 29.1 Å². The van der Waals surface area contributed by atoms with Gasteiger partial charge in [0.25, 0.3) is 5.91 Å². The smallest absolute Gasteiger partial charge is 0.305 e. The van der Waals surface area contributed by atoms with Crippen LogP contribution in [0.4, 0.5) is 0 Å². The van der Waals surface area contributed by atoms with Crippen molar-refractivity contribution in [1.82, 2.24) is 9.55 Å². The molecule has 0 fully saturated rings. The summed E-state index contributed by atoms with van der Waals surface area (Å²) >= 11 is 3.15. The summed E-state index contributed by atoms with van der Waals surface area (Å²) in [6, 6.07) is 4.12. The lowest BCUT2D eigenvalue weighted by molar-refractivity contribution is -0.140. The van der Waals surface area contributed by atoms with Crippen LogP contribution in [0, 0.1) is 6.92 Å². The standard InChI is InChI=1S/C19H21N3O3S2/c1-12-16(18(20)24)17(19-21-8-11-27-19)14(5-6-15(23)25-2)22(12)9-7-13-4-3-10-26-13/h3-4,8,10-11H,5-7,9H2,1-2H3,(H2,20,24). The number of hydrogen-bond acceptors (Lipinski definition) is 6. The molecular formula is C19H21N3O3S2. The Morgan fingerprint density at radius 3 is 2.67 bits per heavy atom. The molecule has 3 aromatic rings. The molecule has 3 aromatic heterocycles. The summed E-state index contributed by atoms with van der Waals surface area (Å²) in [4.78, 5) is 29.6. The quantitative estimate of drug-likeness (QED) is 0.584. The van der Waals surface area contributed by atoms with E-state index in [1.807, 2.05) is 23.8 Å². The van der Waals surface area contributed by atoms with Gasteiger partial charge in [-0.3, -0.25) is 9.59 Å². The fraction of sp³-hybridized carbons (Fsp3) is 0.316. The topological polar surface area (TPSA) is 87.2 Å². The number of amides is 1. The molecule has 1 amide bonds. The fourth-order valence-electron chi connectivity index (χ4n) is 3.24. The minimum Gasteiger partial charge on any atom is -0.469 e. The van der Waals surface area contributed by atoms with Crippen LogP contribution in [0.3, 0.4) is 0 Å². The molecule has 0 radical (unpaired) electrons. The summed E-state index contributed by atoms with van der Waals surface area (Å²) in [5, 5.41) is 4.65. The molecule has 27 heavy (non-hydrogen) atoms. The van der Waals surface area contributed by atoms with Crippen molar-refractivity contribution in [2.75, 3.05) is 7.11 Å². The van der Waals surface area contributed by atoms with Crippen LogP contribution in [0.5, 0.6) is 0 Å². The van der Waals surface area contributed by atoms with E-state index in [1.54, 1.807) is 17.5 Å². The highest BCUT2D eigenvalue weighted by atomic mass is 32.1. The molecule has 0 atom stereocenters. The number of rotatable bonds is 8. The number of aromatic nitrogens is 2. The Balaban J connectivity index is 2.07. The second kappa shape index (κ2) is 8.49. The highest BCUT2D eigenvalue weighted by Gasteiger charge is 2.26. The lowest BCUT2D eigenvalue weighted by Gasteiger charge is -2.12. The molecule has 142 valence electrons. The van der Waals surface area contributed by atoms with Crippen LogP contribution >= 0.6 is 22.7 Å². The predicted molar refractivity (Wildman–Crippen MR) is 107 cm³/mol. The Morgan fingerprint density at radius 2 is 2.07 bits per heavy atom. The van der Waals surface area contributed by atoms with Crippen LogP contribution in [0.1, 0.15) is 33.0 Å². The Morgan fingerprint density at radius 1 is 1.26 bits per heavy atom. The highest BCUT2D eigenvalue weighted by molar-refractivity contribution is 7.13. The van der Waals surface area contributed by atoms with Gasteiger partial charge in [-0.2, -0.15) is 0 Å². The first-order chi connectivity index (χ1) is 13.0. The Hall–Kier alpha value is -2.45. The van der Waals surface area contributed by atoms with Crippen LogP contribution in [0.25, 0.3) is 10.6 Å². The van der Waals surface area contributed by atoms with Gasteiger partial charge in [0.2, 0.25) is 0 Å². The van der Waals surface area contributed by atoms with Gasteiger partial charge < -0.3 is 15.0 Å². The third kappa shape index (κ3) is 4.12. The second-order valence-corrected chi connectivity index (χ2v) is 7.97. The highest BCUT2D eigenvalue weighted by Crippen LogP contribution is 2.35. The number of esters is 1. The maximum Gasteiger partial charge on any atom is 0.305 e. The first-order valence-electron chi connectivity index (χ1n) is 8.53. The van der Waals surface area contributed by atoms with E-state index < -0.39 is 5.91 Å². The molecule has 0 aromatic carbocycles. The number of ether oxygens (including phenoxy) is 1. The molecule has 2 N–H and O–H groups in total. The van der Waals surface area contributed by atoms with Crippen molar-refractivity contribution in [2.45, 2.75) is 32.7 Å². The zero-order valence-electron chi connectivity index (χ0n) is 15.2. The first kappa shape index (κ1) is 19.3.